The van der Waals surface area contributed by atoms with E-state index in [1.165, 1.54) is 55.8 Å². The topological polar surface area (TPSA) is 42.1 Å². The second-order valence-electron chi connectivity index (χ2n) is 7.28. The summed E-state index contributed by atoms with van der Waals surface area (Å²) in [5.74, 6) is 0. The average molecular weight is 328 g/mol. The van der Waals surface area contributed by atoms with E-state index < -0.39 is 0 Å². The maximum atomic E-state index is 4.51. The van der Waals surface area contributed by atoms with E-state index >= 15 is 0 Å². The van der Waals surface area contributed by atoms with Crippen LogP contribution in [0.1, 0.15) is 36.2 Å². The molecular weight excluding hydrogens is 300 g/mol. The quantitative estimate of drug-likeness (QED) is 0.858. The molecule has 2 aliphatic heterocycles. The van der Waals surface area contributed by atoms with Crippen molar-refractivity contribution in [1.29, 1.82) is 0 Å². The molecule has 1 fully saturated rings. The molecule has 4 heterocycles. The molecule has 0 aromatic carbocycles. The van der Waals surface area contributed by atoms with Gasteiger partial charge in [0, 0.05) is 56.7 Å². The maximum Gasteiger partial charge on any atom is 0.0537 e. The van der Waals surface area contributed by atoms with Gasteiger partial charge in [-0.25, -0.2) is 0 Å². The SMILES string of the molecule is Cc1c(CN2Cc3ccnn3CC[C@H]2CN2CCCC2)cnn1C. The van der Waals surface area contributed by atoms with Crippen molar-refractivity contribution in [2.75, 3.05) is 19.6 Å². The van der Waals surface area contributed by atoms with Crippen molar-refractivity contribution >= 4 is 0 Å². The molecule has 1 saturated heterocycles. The number of aryl methyl sites for hydroxylation is 2. The molecule has 2 aliphatic rings. The van der Waals surface area contributed by atoms with E-state index in [4.69, 9.17) is 0 Å². The van der Waals surface area contributed by atoms with E-state index in [9.17, 15) is 0 Å². The molecule has 0 bridgehead atoms. The molecule has 0 N–H and O–H groups in total. The summed E-state index contributed by atoms with van der Waals surface area (Å²) in [5, 5.41) is 8.94. The van der Waals surface area contributed by atoms with Gasteiger partial charge in [-0.2, -0.15) is 10.2 Å². The van der Waals surface area contributed by atoms with E-state index in [1.807, 2.05) is 24.1 Å². The van der Waals surface area contributed by atoms with Gasteiger partial charge in [0.15, 0.2) is 0 Å². The minimum absolute atomic E-state index is 0.587. The first-order valence-electron chi connectivity index (χ1n) is 9.15. The first-order chi connectivity index (χ1) is 11.7. The van der Waals surface area contributed by atoms with Crippen molar-refractivity contribution in [2.24, 2.45) is 7.05 Å². The summed E-state index contributed by atoms with van der Waals surface area (Å²) in [4.78, 5) is 5.28. The summed E-state index contributed by atoms with van der Waals surface area (Å²) in [7, 11) is 2.03. The molecule has 0 saturated carbocycles. The van der Waals surface area contributed by atoms with Gasteiger partial charge in [-0.15, -0.1) is 0 Å². The van der Waals surface area contributed by atoms with Gasteiger partial charge in [0.2, 0.25) is 0 Å². The molecule has 2 aromatic heterocycles. The van der Waals surface area contributed by atoms with Gasteiger partial charge in [0.1, 0.15) is 0 Å². The first kappa shape index (κ1) is 15.8. The minimum Gasteiger partial charge on any atom is -0.302 e. The van der Waals surface area contributed by atoms with Gasteiger partial charge in [-0.3, -0.25) is 14.3 Å². The second-order valence-corrected chi connectivity index (χ2v) is 7.28. The number of hydrogen-bond donors (Lipinski definition) is 0. The van der Waals surface area contributed by atoms with Gasteiger partial charge in [0.25, 0.3) is 0 Å². The zero-order valence-electron chi connectivity index (χ0n) is 14.9. The molecule has 0 amide bonds. The minimum atomic E-state index is 0.587. The molecule has 6 nitrogen and oxygen atoms in total. The molecule has 4 rings (SSSR count). The van der Waals surface area contributed by atoms with Crippen LogP contribution in [0.5, 0.6) is 0 Å². The van der Waals surface area contributed by atoms with E-state index in [2.05, 4.69) is 37.7 Å². The third-order valence-electron chi connectivity index (χ3n) is 5.74. The summed E-state index contributed by atoms with van der Waals surface area (Å²) in [5.41, 5.74) is 3.95. The van der Waals surface area contributed by atoms with Crippen molar-refractivity contribution in [3.63, 3.8) is 0 Å². The zero-order chi connectivity index (χ0) is 16.5. The van der Waals surface area contributed by atoms with E-state index in [1.54, 1.807) is 0 Å². The smallest absolute Gasteiger partial charge is 0.0537 e. The Labute approximate surface area is 144 Å². The highest BCUT2D eigenvalue weighted by Crippen LogP contribution is 2.23. The standard InChI is InChI=1S/C18H28N6/c1-15-16(11-20-21(15)2)12-23-14-18-5-7-19-24(18)10-6-17(23)13-22-8-3-4-9-22/h5,7,11,17H,3-4,6,8-10,12-14H2,1-2H3/t17-/m0/s1. The van der Waals surface area contributed by atoms with Crippen LogP contribution in [0.15, 0.2) is 18.5 Å². The Morgan fingerprint density at radius 1 is 1.17 bits per heavy atom. The highest BCUT2D eigenvalue weighted by Gasteiger charge is 2.27. The Bertz CT molecular complexity index is 681. The van der Waals surface area contributed by atoms with Gasteiger partial charge in [0.05, 0.1) is 11.9 Å². The predicted octanol–water partition coefficient (Wildman–Crippen LogP) is 1.80. The fourth-order valence-corrected chi connectivity index (χ4v) is 4.06. The normalized spacial score (nSPS) is 22.7. The molecule has 6 heteroatoms. The fraction of sp³-hybridized carbons (Fsp3) is 0.667. The van der Waals surface area contributed by atoms with Crippen LogP contribution in [-0.4, -0.2) is 55.0 Å². The van der Waals surface area contributed by atoms with Gasteiger partial charge in [-0.1, -0.05) is 0 Å². The van der Waals surface area contributed by atoms with Gasteiger partial charge in [-0.05, 0) is 45.3 Å². The Balaban J connectivity index is 1.55. The lowest BCUT2D eigenvalue weighted by Gasteiger charge is -2.32. The van der Waals surface area contributed by atoms with Crippen LogP contribution in [-0.2, 0) is 26.7 Å². The van der Waals surface area contributed by atoms with Crippen molar-refractivity contribution in [3.05, 3.63) is 35.4 Å². The lowest BCUT2D eigenvalue weighted by atomic mass is 10.1. The predicted molar refractivity (Wildman–Crippen MR) is 93.5 cm³/mol. The Hall–Kier alpha value is -1.66. The molecule has 2 aromatic rings. The Kier molecular flexibility index (Phi) is 4.41. The molecule has 130 valence electrons. The van der Waals surface area contributed by atoms with Gasteiger partial charge >= 0.3 is 0 Å². The van der Waals surface area contributed by atoms with E-state index in [-0.39, 0.29) is 0 Å². The van der Waals surface area contributed by atoms with E-state index in [0.29, 0.717) is 6.04 Å². The molecule has 0 radical (unpaired) electrons. The molecule has 0 spiro atoms. The second kappa shape index (κ2) is 6.69. The lowest BCUT2D eigenvalue weighted by molar-refractivity contribution is 0.133. The molecule has 24 heavy (non-hydrogen) atoms. The van der Waals surface area contributed by atoms with Crippen molar-refractivity contribution < 1.29 is 0 Å². The molecule has 0 aliphatic carbocycles. The Morgan fingerprint density at radius 2 is 2.00 bits per heavy atom. The summed E-state index contributed by atoms with van der Waals surface area (Å²) in [6, 6.07) is 2.76. The van der Waals surface area contributed by atoms with Crippen LogP contribution < -0.4 is 0 Å². The number of rotatable bonds is 4. The van der Waals surface area contributed by atoms with Crippen LogP contribution in [0.2, 0.25) is 0 Å². The average Bonchev–Trinajstić information content (AvgIpc) is 3.28. The van der Waals surface area contributed by atoms with Crippen LogP contribution in [0, 0.1) is 6.92 Å². The summed E-state index contributed by atoms with van der Waals surface area (Å²) in [6.45, 7) is 8.87. The maximum absolute atomic E-state index is 4.51. The summed E-state index contributed by atoms with van der Waals surface area (Å²) in [6.07, 6.45) is 7.85. The monoisotopic (exact) mass is 328 g/mol. The number of fused-ring (bicyclic) bond motifs is 1. The summed E-state index contributed by atoms with van der Waals surface area (Å²) < 4.78 is 4.17. The number of likely N-dealkylation sites (tertiary alicyclic amines) is 1. The van der Waals surface area contributed by atoms with Crippen molar-refractivity contribution in [3.8, 4) is 0 Å². The van der Waals surface area contributed by atoms with Gasteiger partial charge < -0.3 is 4.90 Å². The lowest BCUT2D eigenvalue weighted by Crippen LogP contribution is -2.42. The molecule has 1 atom stereocenters. The number of aromatic nitrogens is 4. The number of nitrogens with zero attached hydrogens (tertiary/aromatic N) is 6. The third-order valence-corrected chi connectivity index (χ3v) is 5.74. The molecular formula is C18H28N6. The van der Waals surface area contributed by atoms with E-state index in [0.717, 1.165) is 19.6 Å². The van der Waals surface area contributed by atoms with Crippen LogP contribution in [0.25, 0.3) is 0 Å². The van der Waals surface area contributed by atoms with Crippen LogP contribution in [0.4, 0.5) is 0 Å². The number of hydrogen-bond acceptors (Lipinski definition) is 4. The largest absolute Gasteiger partial charge is 0.302 e. The highest BCUT2D eigenvalue weighted by atomic mass is 15.3. The van der Waals surface area contributed by atoms with Crippen molar-refractivity contribution in [2.45, 2.75) is 51.9 Å². The summed E-state index contributed by atoms with van der Waals surface area (Å²) >= 11 is 0. The van der Waals surface area contributed by atoms with Crippen molar-refractivity contribution in [1.82, 2.24) is 29.4 Å². The zero-order valence-corrected chi connectivity index (χ0v) is 14.9. The highest BCUT2D eigenvalue weighted by molar-refractivity contribution is 5.16. The fourth-order valence-electron chi connectivity index (χ4n) is 4.06. The van der Waals surface area contributed by atoms with Crippen LogP contribution in [0.3, 0.4) is 0 Å². The molecule has 0 unspecified atom stereocenters. The Morgan fingerprint density at radius 3 is 2.75 bits per heavy atom. The van der Waals surface area contributed by atoms with Crippen LogP contribution >= 0.6 is 0 Å². The third kappa shape index (κ3) is 3.13. The first-order valence-corrected chi connectivity index (χ1v) is 9.15.